The standard InChI is InChI=1S/C23H20ClF3N2O/c1-22(2)15-29(21(30)16-6-3-8-18(24)14-16)13-12-17(22)7-4-9-19-10-5-11-20(28-19)23(25,26)27/h3,5-8,10-11,14H,12-13,15H2,1-2H3/b17-7+. The number of hydrogen-bond donors (Lipinski definition) is 0. The van der Waals surface area contributed by atoms with E-state index >= 15 is 0 Å². The molecule has 0 N–H and O–H groups in total. The normalized spacial score (nSPS) is 17.4. The summed E-state index contributed by atoms with van der Waals surface area (Å²) in [5.74, 6) is 5.42. The number of pyridine rings is 1. The molecule has 2 heterocycles. The zero-order chi connectivity index (χ0) is 21.9. The third-order valence-corrected chi connectivity index (χ3v) is 5.19. The molecule has 0 spiro atoms. The molecule has 1 aliphatic heterocycles. The molecule has 1 saturated heterocycles. The van der Waals surface area contributed by atoms with Crippen molar-refractivity contribution in [2.45, 2.75) is 26.4 Å². The van der Waals surface area contributed by atoms with Crippen LogP contribution in [0.5, 0.6) is 0 Å². The number of nitrogens with zero attached hydrogens (tertiary/aromatic N) is 2. The first kappa shape index (κ1) is 21.9. The lowest BCUT2D eigenvalue weighted by atomic mass is 9.78. The Morgan fingerprint density at radius 3 is 2.63 bits per heavy atom. The second-order valence-electron chi connectivity index (χ2n) is 7.72. The fourth-order valence-corrected chi connectivity index (χ4v) is 3.55. The van der Waals surface area contributed by atoms with Gasteiger partial charge in [0, 0.05) is 29.1 Å². The number of carbonyl (C=O) groups is 1. The molecule has 0 aliphatic carbocycles. The number of amides is 1. The number of aromatic nitrogens is 1. The number of alkyl halides is 3. The summed E-state index contributed by atoms with van der Waals surface area (Å²) in [5, 5.41) is 0.510. The van der Waals surface area contributed by atoms with Crippen LogP contribution in [0.2, 0.25) is 5.02 Å². The molecule has 3 nitrogen and oxygen atoms in total. The summed E-state index contributed by atoms with van der Waals surface area (Å²) in [6.45, 7) is 5.07. The van der Waals surface area contributed by atoms with Crippen molar-refractivity contribution in [3.05, 3.63) is 76.1 Å². The third kappa shape index (κ3) is 5.22. The number of carbonyl (C=O) groups excluding carboxylic acids is 1. The summed E-state index contributed by atoms with van der Waals surface area (Å²) in [6, 6.07) is 10.5. The molecule has 2 aromatic rings. The van der Waals surface area contributed by atoms with Gasteiger partial charge >= 0.3 is 6.18 Å². The maximum Gasteiger partial charge on any atom is 0.433 e. The van der Waals surface area contributed by atoms with Gasteiger partial charge in [0.2, 0.25) is 0 Å². The van der Waals surface area contributed by atoms with Crippen molar-refractivity contribution in [1.82, 2.24) is 9.88 Å². The van der Waals surface area contributed by atoms with Crippen molar-refractivity contribution in [1.29, 1.82) is 0 Å². The maximum atomic E-state index is 12.8. The van der Waals surface area contributed by atoms with Crippen molar-refractivity contribution in [2.24, 2.45) is 5.41 Å². The van der Waals surface area contributed by atoms with Crippen molar-refractivity contribution in [2.75, 3.05) is 13.1 Å². The van der Waals surface area contributed by atoms with Gasteiger partial charge in [-0.05, 0) is 48.7 Å². The first-order valence-electron chi connectivity index (χ1n) is 9.36. The fourth-order valence-electron chi connectivity index (χ4n) is 3.36. The Morgan fingerprint density at radius 1 is 1.23 bits per heavy atom. The minimum Gasteiger partial charge on any atom is -0.337 e. The molecule has 3 rings (SSSR count). The summed E-state index contributed by atoms with van der Waals surface area (Å²) in [6.07, 6.45) is -2.15. The molecule has 156 valence electrons. The highest BCUT2D eigenvalue weighted by Crippen LogP contribution is 2.35. The van der Waals surface area contributed by atoms with Gasteiger partial charge in [-0.15, -0.1) is 0 Å². The molecule has 1 aromatic carbocycles. The molecule has 1 amide bonds. The number of piperidine rings is 1. The van der Waals surface area contributed by atoms with Gasteiger partial charge in [0.05, 0.1) is 0 Å². The largest absolute Gasteiger partial charge is 0.433 e. The molecule has 1 aromatic heterocycles. The molecular formula is C23H20ClF3N2O. The summed E-state index contributed by atoms with van der Waals surface area (Å²) in [5.41, 5.74) is 0.365. The Hall–Kier alpha value is -2.78. The molecule has 0 bridgehead atoms. The van der Waals surface area contributed by atoms with Crippen LogP contribution in [-0.2, 0) is 6.18 Å². The average Bonchev–Trinajstić information content (AvgIpc) is 2.68. The monoisotopic (exact) mass is 432 g/mol. The highest BCUT2D eigenvalue weighted by molar-refractivity contribution is 6.30. The van der Waals surface area contributed by atoms with Gasteiger partial charge < -0.3 is 4.90 Å². The first-order chi connectivity index (χ1) is 14.1. The second kappa shape index (κ2) is 8.53. The zero-order valence-corrected chi connectivity index (χ0v) is 17.3. The van der Waals surface area contributed by atoms with Crippen LogP contribution in [0.3, 0.4) is 0 Å². The lowest BCUT2D eigenvalue weighted by molar-refractivity contribution is -0.141. The molecule has 7 heteroatoms. The van der Waals surface area contributed by atoms with E-state index in [4.69, 9.17) is 11.6 Å². The molecule has 1 fully saturated rings. The summed E-state index contributed by atoms with van der Waals surface area (Å²) in [7, 11) is 0. The number of benzene rings is 1. The van der Waals surface area contributed by atoms with Gasteiger partial charge in [0.25, 0.3) is 5.91 Å². The van der Waals surface area contributed by atoms with E-state index in [1.807, 2.05) is 13.8 Å². The molecule has 1 aliphatic rings. The van der Waals surface area contributed by atoms with E-state index in [1.54, 1.807) is 35.2 Å². The van der Waals surface area contributed by atoms with Gasteiger partial charge in [-0.2, -0.15) is 13.2 Å². The Bertz CT molecular complexity index is 1050. The van der Waals surface area contributed by atoms with Crippen molar-refractivity contribution < 1.29 is 18.0 Å². The van der Waals surface area contributed by atoms with Gasteiger partial charge in [0.1, 0.15) is 11.4 Å². The SMILES string of the molecule is CC1(C)CN(C(=O)c2cccc(Cl)c2)CC/C1=C\C#Cc1cccc(C(F)(F)F)n1. The van der Waals surface area contributed by atoms with E-state index in [9.17, 15) is 18.0 Å². The van der Waals surface area contributed by atoms with Crippen LogP contribution in [0.4, 0.5) is 13.2 Å². The van der Waals surface area contributed by atoms with E-state index in [0.717, 1.165) is 11.6 Å². The van der Waals surface area contributed by atoms with E-state index in [-0.39, 0.29) is 17.0 Å². The van der Waals surface area contributed by atoms with Crippen molar-refractivity contribution in [3.63, 3.8) is 0 Å². The van der Waals surface area contributed by atoms with Gasteiger partial charge in [-0.1, -0.05) is 49.1 Å². The Kier molecular flexibility index (Phi) is 6.23. The molecule has 0 unspecified atom stereocenters. The number of rotatable bonds is 1. The highest BCUT2D eigenvalue weighted by Gasteiger charge is 2.34. The lowest BCUT2D eigenvalue weighted by Crippen LogP contribution is -2.44. The zero-order valence-electron chi connectivity index (χ0n) is 16.6. The van der Waals surface area contributed by atoms with Gasteiger partial charge in [-0.3, -0.25) is 4.79 Å². The van der Waals surface area contributed by atoms with Crippen LogP contribution in [-0.4, -0.2) is 28.9 Å². The van der Waals surface area contributed by atoms with E-state index in [1.165, 1.54) is 12.1 Å². The van der Waals surface area contributed by atoms with Crippen LogP contribution in [0, 0.1) is 17.3 Å². The lowest BCUT2D eigenvalue weighted by Gasteiger charge is -2.40. The van der Waals surface area contributed by atoms with E-state index in [2.05, 4.69) is 16.8 Å². The van der Waals surface area contributed by atoms with Crippen LogP contribution >= 0.6 is 11.6 Å². The van der Waals surface area contributed by atoms with Crippen LogP contribution in [0.15, 0.2) is 54.1 Å². The number of allylic oxidation sites excluding steroid dienone is 1. The van der Waals surface area contributed by atoms with E-state index in [0.29, 0.717) is 30.1 Å². The Balaban J connectivity index is 1.73. The molecular weight excluding hydrogens is 413 g/mol. The fraction of sp³-hybridized carbons (Fsp3) is 0.304. The smallest absolute Gasteiger partial charge is 0.337 e. The van der Waals surface area contributed by atoms with Crippen LogP contribution in [0.25, 0.3) is 0 Å². The molecule has 0 saturated carbocycles. The first-order valence-corrected chi connectivity index (χ1v) is 9.74. The number of likely N-dealkylation sites (tertiary alicyclic amines) is 1. The van der Waals surface area contributed by atoms with Gasteiger partial charge in [0.15, 0.2) is 0 Å². The topological polar surface area (TPSA) is 33.2 Å². The third-order valence-electron chi connectivity index (χ3n) is 4.95. The quantitative estimate of drug-likeness (QED) is 0.549. The minimum atomic E-state index is -4.50. The van der Waals surface area contributed by atoms with Crippen LogP contribution < -0.4 is 0 Å². The molecule has 0 radical (unpaired) electrons. The number of halogens is 4. The van der Waals surface area contributed by atoms with Crippen LogP contribution in [0.1, 0.15) is 42.0 Å². The number of hydrogen-bond acceptors (Lipinski definition) is 2. The van der Waals surface area contributed by atoms with E-state index < -0.39 is 11.9 Å². The highest BCUT2D eigenvalue weighted by atomic mass is 35.5. The summed E-state index contributed by atoms with van der Waals surface area (Å²) >= 11 is 5.99. The van der Waals surface area contributed by atoms with Crippen molar-refractivity contribution in [3.8, 4) is 11.8 Å². The Labute approximate surface area is 178 Å². The Morgan fingerprint density at radius 2 is 1.97 bits per heavy atom. The summed E-state index contributed by atoms with van der Waals surface area (Å²) in [4.78, 5) is 18.1. The molecule has 0 atom stereocenters. The van der Waals surface area contributed by atoms with Gasteiger partial charge in [-0.25, -0.2) is 4.98 Å². The minimum absolute atomic E-state index is 0.0630. The second-order valence-corrected chi connectivity index (χ2v) is 8.15. The predicted octanol–water partition coefficient (Wildman–Crippen LogP) is 5.60. The van der Waals surface area contributed by atoms with Crippen molar-refractivity contribution >= 4 is 17.5 Å². The maximum absolute atomic E-state index is 12.8. The average molecular weight is 433 g/mol. The summed E-state index contributed by atoms with van der Waals surface area (Å²) < 4.78 is 38.3. The molecule has 30 heavy (non-hydrogen) atoms. The predicted molar refractivity (Wildman–Crippen MR) is 110 cm³/mol.